The summed E-state index contributed by atoms with van der Waals surface area (Å²) in [7, 11) is -0.528. The average molecular weight is 505 g/mol. The van der Waals surface area contributed by atoms with Crippen molar-refractivity contribution in [3.05, 3.63) is 77.3 Å². The minimum atomic E-state index is -3.57. The zero-order chi connectivity index (χ0) is 24.7. The van der Waals surface area contributed by atoms with Crippen LogP contribution in [-0.2, 0) is 21.4 Å². The monoisotopic (exact) mass is 504 g/mol. The van der Waals surface area contributed by atoms with Crippen LogP contribution in [0.1, 0.15) is 5.56 Å². The molecule has 0 aromatic heterocycles. The molecule has 0 aliphatic carbocycles. The van der Waals surface area contributed by atoms with Gasteiger partial charge in [0.1, 0.15) is 5.75 Å². The van der Waals surface area contributed by atoms with E-state index in [1.165, 1.54) is 18.5 Å². The second-order valence-corrected chi connectivity index (χ2v) is 9.58. The molecule has 1 N–H and O–H groups in total. The second kappa shape index (κ2) is 11.1. The highest BCUT2D eigenvalue weighted by Gasteiger charge is 2.19. The quantitative estimate of drug-likeness (QED) is 0.441. The van der Waals surface area contributed by atoms with Crippen molar-refractivity contribution in [2.24, 2.45) is 0 Å². The fourth-order valence-corrected chi connectivity index (χ4v) is 4.22. The van der Waals surface area contributed by atoms with Crippen molar-refractivity contribution in [1.82, 2.24) is 0 Å². The van der Waals surface area contributed by atoms with Gasteiger partial charge in [-0.25, -0.2) is 8.42 Å². The Balaban J connectivity index is 1.64. The standard InChI is InChI=1S/C24H25ClN2O6S/c1-31-22-13-8-18(14-23(22)32-2)26-24(28)16-33-20-11-9-19(10-12-20)27(34(3,29)30)15-17-6-4-5-7-21(17)25/h4-14H,15-16H2,1-3H3,(H,26,28). The summed E-state index contributed by atoms with van der Waals surface area (Å²) in [6.45, 7) is -0.143. The molecule has 0 saturated carbocycles. The maximum absolute atomic E-state index is 12.4. The first-order valence-electron chi connectivity index (χ1n) is 10.2. The van der Waals surface area contributed by atoms with E-state index in [2.05, 4.69) is 5.32 Å². The predicted octanol–water partition coefficient (Wildman–Crippen LogP) is 4.34. The van der Waals surface area contributed by atoms with Crippen molar-refractivity contribution in [2.75, 3.05) is 36.7 Å². The Kier molecular flexibility index (Phi) is 8.25. The summed E-state index contributed by atoms with van der Waals surface area (Å²) >= 11 is 6.20. The molecular weight excluding hydrogens is 480 g/mol. The van der Waals surface area contributed by atoms with E-state index in [1.54, 1.807) is 66.7 Å². The summed E-state index contributed by atoms with van der Waals surface area (Å²) in [5.74, 6) is 1.09. The number of benzene rings is 3. The number of nitrogens with one attached hydrogen (secondary N) is 1. The van der Waals surface area contributed by atoms with Gasteiger partial charge in [-0.3, -0.25) is 9.10 Å². The minimum Gasteiger partial charge on any atom is -0.493 e. The lowest BCUT2D eigenvalue weighted by atomic mass is 10.2. The number of anilines is 2. The van der Waals surface area contributed by atoms with Crippen molar-refractivity contribution in [1.29, 1.82) is 0 Å². The normalized spacial score (nSPS) is 10.9. The number of rotatable bonds is 10. The van der Waals surface area contributed by atoms with Crippen LogP contribution >= 0.6 is 11.6 Å². The number of nitrogens with zero attached hydrogens (tertiary/aromatic N) is 1. The summed E-state index contributed by atoms with van der Waals surface area (Å²) in [5, 5.41) is 3.20. The number of amides is 1. The maximum Gasteiger partial charge on any atom is 0.262 e. The molecule has 10 heteroatoms. The molecule has 0 spiro atoms. The molecule has 0 fully saturated rings. The molecule has 0 radical (unpaired) electrons. The number of carbonyl (C=O) groups excluding carboxylic acids is 1. The van der Waals surface area contributed by atoms with Crippen molar-refractivity contribution < 1.29 is 27.4 Å². The van der Waals surface area contributed by atoms with E-state index in [0.29, 0.717) is 39.2 Å². The minimum absolute atomic E-state index is 0.0897. The SMILES string of the molecule is COc1ccc(NC(=O)COc2ccc(N(Cc3ccccc3Cl)S(C)(=O)=O)cc2)cc1OC. The topological polar surface area (TPSA) is 94.2 Å². The first-order chi connectivity index (χ1) is 16.2. The van der Waals surface area contributed by atoms with Gasteiger partial charge >= 0.3 is 0 Å². The summed E-state index contributed by atoms with van der Waals surface area (Å²) in [6.07, 6.45) is 1.13. The van der Waals surface area contributed by atoms with E-state index < -0.39 is 10.0 Å². The van der Waals surface area contributed by atoms with Gasteiger partial charge in [-0.15, -0.1) is 0 Å². The van der Waals surface area contributed by atoms with Crippen LogP contribution in [0.3, 0.4) is 0 Å². The Hall–Kier alpha value is -3.43. The zero-order valence-electron chi connectivity index (χ0n) is 18.9. The number of ether oxygens (including phenoxy) is 3. The lowest BCUT2D eigenvalue weighted by Crippen LogP contribution is -2.29. The highest BCUT2D eigenvalue weighted by Crippen LogP contribution is 2.30. The van der Waals surface area contributed by atoms with Gasteiger partial charge in [0.25, 0.3) is 5.91 Å². The molecule has 0 unspecified atom stereocenters. The van der Waals surface area contributed by atoms with Crippen LogP contribution in [0.25, 0.3) is 0 Å². The summed E-state index contributed by atoms with van der Waals surface area (Å²) in [4.78, 5) is 12.3. The fourth-order valence-electron chi connectivity index (χ4n) is 3.15. The molecule has 3 aromatic carbocycles. The number of carbonyl (C=O) groups is 1. The van der Waals surface area contributed by atoms with Crippen molar-refractivity contribution in [2.45, 2.75) is 6.54 Å². The van der Waals surface area contributed by atoms with Gasteiger partial charge < -0.3 is 19.5 Å². The first-order valence-corrected chi connectivity index (χ1v) is 12.4. The molecule has 0 bridgehead atoms. The molecule has 3 rings (SSSR count). The van der Waals surface area contributed by atoms with Crippen LogP contribution in [0.4, 0.5) is 11.4 Å². The first kappa shape index (κ1) is 25.2. The highest BCUT2D eigenvalue weighted by atomic mass is 35.5. The van der Waals surface area contributed by atoms with Crippen LogP contribution in [-0.4, -0.2) is 41.4 Å². The molecule has 0 saturated heterocycles. The second-order valence-electron chi connectivity index (χ2n) is 7.26. The third-order valence-corrected chi connectivity index (χ3v) is 6.34. The lowest BCUT2D eigenvalue weighted by molar-refractivity contribution is -0.118. The van der Waals surface area contributed by atoms with E-state index in [-0.39, 0.29) is 19.1 Å². The van der Waals surface area contributed by atoms with E-state index in [1.807, 2.05) is 0 Å². The van der Waals surface area contributed by atoms with Crippen LogP contribution in [0.15, 0.2) is 66.7 Å². The fraction of sp³-hybridized carbons (Fsp3) is 0.208. The molecular formula is C24H25ClN2O6S. The third-order valence-electron chi connectivity index (χ3n) is 4.83. The van der Waals surface area contributed by atoms with E-state index in [0.717, 1.165) is 6.26 Å². The Labute approximate surface area is 204 Å². The van der Waals surface area contributed by atoms with Crippen molar-refractivity contribution in [3.63, 3.8) is 0 Å². The van der Waals surface area contributed by atoms with Gasteiger partial charge in [-0.1, -0.05) is 29.8 Å². The van der Waals surface area contributed by atoms with E-state index in [9.17, 15) is 13.2 Å². The van der Waals surface area contributed by atoms with Gasteiger partial charge in [-0.2, -0.15) is 0 Å². The van der Waals surface area contributed by atoms with E-state index >= 15 is 0 Å². The van der Waals surface area contributed by atoms with Gasteiger partial charge in [0.15, 0.2) is 18.1 Å². The predicted molar refractivity (Wildman–Crippen MR) is 133 cm³/mol. The molecule has 3 aromatic rings. The number of halogens is 1. The largest absolute Gasteiger partial charge is 0.493 e. The van der Waals surface area contributed by atoms with Gasteiger partial charge in [-0.05, 0) is 48.0 Å². The number of hydrogen-bond acceptors (Lipinski definition) is 6. The smallest absolute Gasteiger partial charge is 0.262 e. The third kappa shape index (κ3) is 6.55. The van der Waals surface area contributed by atoms with Crippen LogP contribution in [0, 0.1) is 0 Å². The molecule has 0 heterocycles. The molecule has 180 valence electrons. The average Bonchev–Trinajstić information content (AvgIpc) is 2.82. The van der Waals surface area contributed by atoms with Crippen molar-refractivity contribution in [3.8, 4) is 17.2 Å². The number of sulfonamides is 1. The molecule has 0 aliphatic rings. The Morgan fingerprint density at radius 1 is 0.971 bits per heavy atom. The lowest BCUT2D eigenvalue weighted by Gasteiger charge is -2.23. The van der Waals surface area contributed by atoms with E-state index in [4.69, 9.17) is 25.8 Å². The van der Waals surface area contributed by atoms with Crippen molar-refractivity contribution >= 4 is 38.9 Å². The van der Waals surface area contributed by atoms with Gasteiger partial charge in [0.2, 0.25) is 10.0 Å². The van der Waals surface area contributed by atoms with Crippen LogP contribution in [0.5, 0.6) is 17.2 Å². The molecule has 34 heavy (non-hydrogen) atoms. The van der Waals surface area contributed by atoms with Gasteiger partial charge in [0.05, 0.1) is 32.7 Å². The van der Waals surface area contributed by atoms with Gasteiger partial charge in [0, 0.05) is 16.8 Å². The maximum atomic E-state index is 12.4. The van der Waals surface area contributed by atoms with Crippen LogP contribution < -0.4 is 23.8 Å². The summed E-state index contributed by atoms with van der Waals surface area (Å²) < 4.78 is 42.0. The number of hydrogen-bond donors (Lipinski definition) is 1. The summed E-state index contributed by atoms with van der Waals surface area (Å²) in [5.41, 5.74) is 1.66. The zero-order valence-corrected chi connectivity index (χ0v) is 20.5. The summed E-state index contributed by atoms with van der Waals surface area (Å²) in [6, 6.07) is 18.5. The molecule has 0 aliphatic heterocycles. The highest BCUT2D eigenvalue weighted by molar-refractivity contribution is 7.92. The Morgan fingerprint density at radius 2 is 1.65 bits per heavy atom. The Bertz CT molecular complexity index is 1250. The van der Waals surface area contributed by atoms with Crippen LogP contribution in [0.2, 0.25) is 5.02 Å². The molecule has 8 nitrogen and oxygen atoms in total. The number of methoxy groups -OCH3 is 2. The molecule has 1 amide bonds. The molecule has 0 atom stereocenters. The Morgan fingerprint density at radius 3 is 2.26 bits per heavy atom.